The number of rotatable bonds is 7. The molecule has 1 N–H and O–H groups in total. The van der Waals surface area contributed by atoms with Crippen molar-refractivity contribution in [1.82, 2.24) is 9.80 Å². The second kappa shape index (κ2) is 6.77. The Morgan fingerprint density at radius 3 is 2.48 bits per heavy atom. The van der Waals surface area contributed by atoms with Crippen LogP contribution < -0.4 is 0 Å². The molecule has 1 heterocycles. The Labute approximate surface area is 127 Å². The molecule has 1 aliphatic carbocycles. The van der Waals surface area contributed by atoms with Crippen molar-refractivity contribution in [2.75, 3.05) is 32.7 Å². The summed E-state index contributed by atoms with van der Waals surface area (Å²) in [5, 5.41) is 9.58. The fourth-order valence-electron chi connectivity index (χ4n) is 4.06. The van der Waals surface area contributed by atoms with Crippen LogP contribution in [0.4, 0.5) is 0 Å². The van der Waals surface area contributed by atoms with Crippen LogP contribution in [0.5, 0.6) is 0 Å². The third-order valence-electron chi connectivity index (χ3n) is 5.07. The lowest BCUT2D eigenvalue weighted by molar-refractivity contribution is -0.149. The van der Waals surface area contributed by atoms with Gasteiger partial charge in [-0.15, -0.1) is 0 Å². The van der Waals surface area contributed by atoms with E-state index in [-0.39, 0.29) is 11.8 Å². The van der Waals surface area contributed by atoms with E-state index in [1.165, 1.54) is 0 Å². The van der Waals surface area contributed by atoms with Gasteiger partial charge in [-0.05, 0) is 31.6 Å². The molecule has 120 valence electrons. The molecule has 1 amide bonds. The predicted octanol–water partition coefficient (Wildman–Crippen LogP) is 1.82. The Kier molecular flexibility index (Phi) is 5.25. The van der Waals surface area contributed by atoms with Crippen LogP contribution >= 0.6 is 0 Å². The number of hydrogen-bond donors (Lipinski definition) is 1. The average Bonchev–Trinajstić information content (AvgIpc) is 2.96. The molecule has 0 aromatic rings. The summed E-state index contributed by atoms with van der Waals surface area (Å²) < 4.78 is 0. The fraction of sp³-hybridized carbons (Fsp3) is 0.875. The molecule has 0 aromatic heterocycles. The molecule has 2 rings (SSSR count). The van der Waals surface area contributed by atoms with Crippen molar-refractivity contribution < 1.29 is 14.7 Å². The Hall–Kier alpha value is -1.10. The van der Waals surface area contributed by atoms with Gasteiger partial charge in [0.05, 0.1) is 12.0 Å². The van der Waals surface area contributed by atoms with Crippen molar-refractivity contribution in [1.29, 1.82) is 0 Å². The number of aliphatic carboxylic acids is 1. The quantitative estimate of drug-likeness (QED) is 0.778. The van der Waals surface area contributed by atoms with E-state index in [2.05, 4.69) is 18.7 Å². The minimum atomic E-state index is -0.668. The van der Waals surface area contributed by atoms with Crippen molar-refractivity contribution in [2.24, 2.45) is 11.3 Å². The number of carbonyl (C=O) groups is 2. The van der Waals surface area contributed by atoms with Gasteiger partial charge in [-0.2, -0.15) is 0 Å². The zero-order valence-electron chi connectivity index (χ0n) is 13.3. The average molecular weight is 296 g/mol. The van der Waals surface area contributed by atoms with Crippen LogP contribution in [0.2, 0.25) is 0 Å². The first-order valence-corrected chi connectivity index (χ1v) is 8.27. The van der Waals surface area contributed by atoms with Gasteiger partial charge in [0.25, 0.3) is 0 Å². The number of carbonyl (C=O) groups excluding carboxylic acids is 1. The van der Waals surface area contributed by atoms with E-state index in [0.717, 1.165) is 51.7 Å². The molecule has 2 aliphatic rings. The summed E-state index contributed by atoms with van der Waals surface area (Å²) in [5.74, 6) is -0.285. The number of fused-ring (bicyclic) bond motifs is 1. The van der Waals surface area contributed by atoms with Gasteiger partial charge in [0.2, 0.25) is 5.91 Å². The molecular formula is C16H28N2O3. The van der Waals surface area contributed by atoms with E-state index in [0.29, 0.717) is 13.1 Å². The SMILES string of the molecule is CCCN(CCC)C(=O)CN1C[C@@H]2CCC[C@@]2(C(=O)O)C1. The Balaban J connectivity index is 1.95. The summed E-state index contributed by atoms with van der Waals surface area (Å²) in [6.07, 6.45) is 4.70. The topological polar surface area (TPSA) is 60.9 Å². The Morgan fingerprint density at radius 1 is 1.29 bits per heavy atom. The standard InChI is InChI=1S/C16H28N2O3/c1-3-8-18(9-4-2)14(19)11-17-10-13-6-5-7-16(13,12-17)15(20)21/h13H,3-12H2,1-2H3,(H,20,21)/t13-,16+/m0/s1. The number of likely N-dealkylation sites (tertiary alicyclic amines) is 1. The minimum Gasteiger partial charge on any atom is -0.481 e. The highest BCUT2D eigenvalue weighted by Crippen LogP contribution is 2.48. The predicted molar refractivity (Wildman–Crippen MR) is 81.0 cm³/mol. The first-order chi connectivity index (χ1) is 10.0. The summed E-state index contributed by atoms with van der Waals surface area (Å²) >= 11 is 0. The summed E-state index contributed by atoms with van der Waals surface area (Å²) in [4.78, 5) is 28.0. The molecule has 0 bridgehead atoms. The van der Waals surface area contributed by atoms with Gasteiger partial charge in [0, 0.05) is 26.2 Å². The number of carboxylic acid groups (broad SMARTS) is 1. The van der Waals surface area contributed by atoms with Crippen molar-refractivity contribution >= 4 is 11.9 Å². The molecule has 2 atom stereocenters. The molecule has 0 unspecified atom stereocenters. The van der Waals surface area contributed by atoms with E-state index in [1.807, 2.05) is 4.90 Å². The van der Waals surface area contributed by atoms with Crippen molar-refractivity contribution in [3.05, 3.63) is 0 Å². The molecule has 2 fully saturated rings. The molecular weight excluding hydrogens is 268 g/mol. The fourth-order valence-corrected chi connectivity index (χ4v) is 4.06. The molecule has 5 heteroatoms. The molecule has 5 nitrogen and oxygen atoms in total. The molecule has 0 radical (unpaired) electrons. The number of hydrogen-bond acceptors (Lipinski definition) is 3. The van der Waals surface area contributed by atoms with Gasteiger partial charge in [-0.3, -0.25) is 14.5 Å². The Morgan fingerprint density at radius 2 is 1.95 bits per heavy atom. The summed E-state index contributed by atoms with van der Waals surface area (Å²) in [6.45, 7) is 7.45. The number of carboxylic acids is 1. The summed E-state index contributed by atoms with van der Waals surface area (Å²) in [6, 6.07) is 0. The van der Waals surface area contributed by atoms with Gasteiger partial charge in [0.15, 0.2) is 0 Å². The summed E-state index contributed by atoms with van der Waals surface area (Å²) in [5.41, 5.74) is -0.583. The van der Waals surface area contributed by atoms with E-state index in [1.54, 1.807) is 0 Å². The lowest BCUT2D eigenvalue weighted by Crippen LogP contribution is -2.42. The maximum absolute atomic E-state index is 12.4. The van der Waals surface area contributed by atoms with Gasteiger partial charge in [-0.25, -0.2) is 0 Å². The minimum absolute atomic E-state index is 0.152. The van der Waals surface area contributed by atoms with E-state index >= 15 is 0 Å². The zero-order valence-corrected chi connectivity index (χ0v) is 13.3. The number of amides is 1. The van der Waals surface area contributed by atoms with E-state index in [9.17, 15) is 14.7 Å². The van der Waals surface area contributed by atoms with Crippen LogP contribution in [0.25, 0.3) is 0 Å². The van der Waals surface area contributed by atoms with Crippen LogP contribution in [0.1, 0.15) is 46.0 Å². The lowest BCUT2D eigenvalue weighted by atomic mass is 9.81. The van der Waals surface area contributed by atoms with Gasteiger partial charge < -0.3 is 10.0 Å². The van der Waals surface area contributed by atoms with Crippen molar-refractivity contribution in [3.63, 3.8) is 0 Å². The number of nitrogens with zero attached hydrogens (tertiary/aromatic N) is 2. The van der Waals surface area contributed by atoms with Crippen LogP contribution in [0.3, 0.4) is 0 Å². The van der Waals surface area contributed by atoms with Crippen LogP contribution in [-0.4, -0.2) is 59.5 Å². The first-order valence-electron chi connectivity index (χ1n) is 8.27. The van der Waals surface area contributed by atoms with Crippen molar-refractivity contribution in [3.8, 4) is 0 Å². The highest BCUT2D eigenvalue weighted by molar-refractivity contribution is 5.79. The van der Waals surface area contributed by atoms with Crippen LogP contribution in [0.15, 0.2) is 0 Å². The molecule has 21 heavy (non-hydrogen) atoms. The van der Waals surface area contributed by atoms with Crippen molar-refractivity contribution in [2.45, 2.75) is 46.0 Å². The van der Waals surface area contributed by atoms with E-state index < -0.39 is 11.4 Å². The maximum Gasteiger partial charge on any atom is 0.311 e. The monoisotopic (exact) mass is 296 g/mol. The lowest BCUT2D eigenvalue weighted by Gasteiger charge is -2.26. The molecule has 1 saturated heterocycles. The molecule has 1 aliphatic heterocycles. The highest BCUT2D eigenvalue weighted by atomic mass is 16.4. The Bertz CT molecular complexity index is 393. The zero-order chi connectivity index (χ0) is 15.5. The maximum atomic E-state index is 12.4. The van der Waals surface area contributed by atoms with Gasteiger partial charge in [-0.1, -0.05) is 20.3 Å². The van der Waals surface area contributed by atoms with Crippen LogP contribution in [0, 0.1) is 11.3 Å². The normalized spacial score (nSPS) is 28.6. The second-order valence-corrected chi connectivity index (χ2v) is 6.60. The highest BCUT2D eigenvalue weighted by Gasteiger charge is 2.54. The second-order valence-electron chi connectivity index (χ2n) is 6.60. The third-order valence-corrected chi connectivity index (χ3v) is 5.07. The molecule has 0 aromatic carbocycles. The smallest absolute Gasteiger partial charge is 0.311 e. The first kappa shape index (κ1) is 16.3. The van der Waals surface area contributed by atoms with Gasteiger partial charge >= 0.3 is 5.97 Å². The third kappa shape index (κ3) is 3.23. The van der Waals surface area contributed by atoms with Gasteiger partial charge in [0.1, 0.15) is 0 Å². The largest absolute Gasteiger partial charge is 0.481 e. The van der Waals surface area contributed by atoms with Crippen LogP contribution in [-0.2, 0) is 9.59 Å². The molecule has 1 saturated carbocycles. The van der Waals surface area contributed by atoms with E-state index in [4.69, 9.17) is 0 Å². The molecule has 0 spiro atoms. The summed E-state index contributed by atoms with van der Waals surface area (Å²) in [7, 11) is 0.